The van der Waals surface area contributed by atoms with Gasteiger partial charge in [-0.15, -0.1) is 5.10 Å². The van der Waals surface area contributed by atoms with Gasteiger partial charge in [-0.3, -0.25) is 0 Å². The van der Waals surface area contributed by atoms with Crippen LogP contribution in [0.2, 0.25) is 0 Å². The molecule has 11 heavy (non-hydrogen) atoms. The monoisotopic (exact) mass is 151 g/mol. The molecular weight excluding hydrogens is 138 g/mol. The highest BCUT2D eigenvalue weighted by atomic mass is 15.1. The van der Waals surface area contributed by atoms with Crippen LogP contribution in [-0.4, -0.2) is 10.2 Å². The SMILES string of the molecule is CC(C)Cc1ccc(N)nn1. The maximum atomic E-state index is 5.38. The van der Waals surface area contributed by atoms with E-state index in [9.17, 15) is 0 Å². The largest absolute Gasteiger partial charge is 0.382 e. The molecule has 3 heteroatoms. The third-order valence-corrected chi connectivity index (χ3v) is 1.36. The minimum Gasteiger partial charge on any atom is -0.382 e. The molecule has 0 aliphatic carbocycles. The highest BCUT2D eigenvalue weighted by molar-refractivity contribution is 5.25. The number of aromatic nitrogens is 2. The van der Waals surface area contributed by atoms with Crippen molar-refractivity contribution in [1.29, 1.82) is 0 Å². The van der Waals surface area contributed by atoms with E-state index in [2.05, 4.69) is 24.0 Å². The Balaban J connectivity index is 2.66. The fourth-order valence-corrected chi connectivity index (χ4v) is 0.897. The van der Waals surface area contributed by atoms with E-state index in [0.717, 1.165) is 12.1 Å². The molecule has 0 saturated carbocycles. The van der Waals surface area contributed by atoms with Crippen LogP contribution in [0.25, 0.3) is 0 Å². The molecule has 0 unspecified atom stereocenters. The van der Waals surface area contributed by atoms with Crippen molar-refractivity contribution in [2.45, 2.75) is 20.3 Å². The molecule has 0 spiro atoms. The molecule has 0 aliphatic rings. The van der Waals surface area contributed by atoms with Crippen LogP contribution in [-0.2, 0) is 6.42 Å². The smallest absolute Gasteiger partial charge is 0.146 e. The molecule has 0 amide bonds. The maximum absolute atomic E-state index is 5.38. The molecule has 1 aromatic rings. The van der Waals surface area contributed by atoms with Crippen LogP contribution < -0.4 is 5.73 Å². The molecule has 0 aromatic carbocycles. The Morgan fingerprint density at radius 1 is 1.36 bits per heavy atom. The number of hydrogen-bond acceptors (Lipinski definition) is 3. The van der Waals surface area contributed by atoms with Crippen molar-refractivity contribution in [3.05, 3.63) is 17.8 Å². The van der Waals surface area contributed by atoms with Gasteiger partial charge in [0.15, 0.2) is 0 Å². The third-order valence-electron chi connectivity index (χ3n) is 1.36. The summed E-state index contributed by atoms with van der Waals surface area (Å²) in [5.74, 6) is 1.10. The lowest BCUT2D eigenvalue weighted by molar-refractivity contribution is 0.628. The van der Waals surface area contributed by atoms with E-state index >= 15 is 0 Å². The summed E-state index contributed by atoms with van der Waals surface area (Å²) in [6, 6.07) is 3.70. The number of nitrogen functional groups attached to an aromatic ring is 1. The lowest BCUT2D eigenvalue weighted by atomic mass is 10.1. The number of anilines is 1. The fourth-order valence-electron chi connectivity index (χ4n) is 0.897. The van der Waals surface area contributed by atoms with E-state index in [0.29, 0.717) is 11.7 Å². The Labute approximate surface area is 66.6 Å². The van der Waals surface area contributed by atoms with Crippen molar-refractivity contribution in [1.82, 2.24) is 10.2 Å². The zero-order valence-corrected chi connectivity index (χ0v) is 6.91. The summed E-state index contributed by atoms with van der Waals surface area (Å²) in [6.45, 7) is 4.30. The second-order valence-electron chi connectivity index (χ2n) is 3.05. The molecule has 60 valence electrons. The van der Waals surface area contributed by atoms with Crippen molar-refractivity contribution in [3.63, 3.8) is 0 Å². The quantitative estimate of drug-likeness (QED) is 0.692. The summed E-state index contributed by atoms with van der Waals surface area (Å²) in [5.41, 5.74) is 6.39. The average molecular weight is 151 g/mol. The van der Waals surface area contributed by atoms with Gasteiger partial charge in [0.1, 0.15) is 5.82 Å². The highest BCUT2D eigenvalue weighted by Gasteiger charge is 1.98. The fraction of sp³-hybridized carbons (Fsp3) is 0.500. The average Bonchev–Trinajstić information content (AvgIpc) is 1.93. The van der Waals surface area contributed by atoms with Gasteiger partial charge < -0.3 is 5.73 Å². The standard InChI is InChI=1S/C8H13N3/c1-6(2)5-7-3-4-8(9)11-10-7/h3-4,6H,5H2,1-2H3,(H2,9,11). The first kappa shape index (κ1) is 7.98. The van der Waals surface area contributed by atoms with Gasteiger partial charge in [-0.2, -0.15) is 5.10 Å². The maximum Gasteiger partial charge on any atom is 0.146 e. The normalized spacial score (nSPS) is 10.5. The summed E-state index contributed by atoms with van der Waals surface area (Å²) in [5, 5.41) is 7.70. The van der Waals surface area contributed by atoms with Crippen LogP contribution in [0.5, 0.6) is 0 Å². The van der Waals surface area contributed by atoms with E-state index in [1.165, 1.54) is 0 Å². The van der Waals surface area contributed by atoms with Crippen LogP contribution in [0, 0.1) is 5.92 Å². The van der Waals surface area contributed by atoms with Gasteiger partial charge in [-0.1, -0.05) is 13.8 Å². The minimum absolute atomic E-state index is 0.484. The molecule has 0 saturated heterocycles. The molecule has 0 bridgehead atoms. The second kappa shape index (κ2) is 3.32. The van der Waals surface area contributed by atoms with Crippen molar-refractivity contribution in [3.8, 4) is 0 Å². The minimum atomic E-state index is 0.484. The van der Waals surface area contributed by atoms with Gasteiger partial charge in [-0.25, -0.2) is 0 Å². The molecule has 2 N–H and O–H groups in total. The molecule has 0 aliphatic heterocycles. The van der Waals surface area contributed by atoms with Crippen LogP contribution in [0.3, 0.4) is 0 Å². The van der Waals surface area contributed by atoms with Gasteiger partial charge >= 0.3 is 0 Å². The molecular formula is C8H13N3. The zero-order valence-electron chi connectivity index (χ0n) is 6.91. The Kier molecular flexibility index (Phi) is 2.41. The predicted octanol–water partition coefficient (Wildman–Crippen LogP) is 1.26. The first-order valence-corrected chi connectivity index (χ1v) is 3.76. The Hall–Kier alpha value is -1.12. The van der Waals surface area contributed by atoms with E-state index in [1.807, 2.05) is 6.07 Å². The molecule has 3 nitrogen and oxygen atoms in total. The highest BCUT2D eigenvalue weighted by Crippen LogP contribution is 2.04. The number of rotatable bonds is 2. The zero-order chi connectivity index (χ0) is 8.27. The molecule has 0 fully saturated rings. The Bertz CT molecular complexity index is 215. The van der Waals surface area contributed by atoms with E-state index < -0.39 is 0 Å². The molecule has 0 atom stereocenters. The van der Waals surface area contributed by atoms with E-state index in [1.54, 1.807) is 6.07 Å². The number of hydrogen-bond donors (Lipinski definition) is 1. The van der Waals surface area contributed by atoms with Crippen LogP contribution >= 0.6 is 0 Å². The predicted molar refractivity (Wildman–Crippen MR) is 45.0 cm³/mol. The topological polar surface area (TPSA) is 51.8 Å². The van der Waals surface area contributed by atoms with E-state index in [4.69, 9.17) is 5.73 Å². The summed E-state index contributed by atoms with van der Waals surface area (Å²) in [7, 11) is 0. The number of nitrogens with zero attached hydrogens (tertiary/aromatic N) is 2. The van der Waals surface area contributed by atoms with Gasteiger partial charge in [0.05, 0.1) is 5.69 Å². The lowest BCUT2D eigenvalue weighted by Gasteiger charge is -2.01. The summed E-state index contributed by atoms with van der Waals surface area (Å²) in [6.07, 6.45) is 0.966. The summed E-state index contributed by atoms with van der Waals surface area (Å²) < 4.78 is 0. The van der Waals surface area contributed by atoms with Gasteiger partial charge in [0, 0.05) is 0 Å². The number of nitrogens with two attached hydrogens (primary N) is 1. The third kappa shape index (κ3) is 2.53. The van der Waals surface area contributed by atoms with Crippen molar-refractivity contribution in [2.75, 3.05) is 5.73 Å². The molecule has 0 radical (unpaired) electrons. The summed E-state index contributed by atoms with van der Waals surface area (Å²) >= 11 is 0. The Morgan fingerprint density at radius 2 is 2.09 bits per heavy atom. The van der Waals surface area contributed by atoms with Crippen LogP contribution in [0.4, 0.5) is 5.82 Å². The molecule has 1 rings (SSSR count). The van der Waals surface area contributed by atoms with Gasteiger partial charge in [0.2, 0.25) is 0 Å². The summed E-state index contributed by atoms with van der Waals surface area (Å²) in [4.78, 5) is 0. The lowest BCUT2D eigenvalue weighted by Crippen LogP contribution is -2.00. The van der Waals surface area contributed by atoms with E-state index in [-0.39, 0.29) is 0 Å². The van der Waals surface area contributed by atoms with Gasteiger partial charge in [-0.05, 0) is 24.5 Å². The first-order valence-electron chi connectivity index (χ1n) is 3.76. The van der Waals surface area contributed by atoms with Crippen LogP contribution in [0.15, 0.2) is 12.1 Å². The molecule has 1 aromatic heterocycles. The van der Waals surface area contributed by atoms with Gasteiger partial charge in [0.25, 0.3) is 0 Å². The van der Waals surface area contributed by atoms with Crippen LogP contribution in [0.1, 0.15) is 19.5 Å². The van der Waals surface area contributed by atoms with Crippen molar-refractivity contribution >= 4 is 5.82 Å². The van der Waals surface area contributed by atoms with Crippen molar-refractivity contribution < 1.29 is 0 Å². The first-order chi connectivity index (χ1) is 5.18. The van der Waals surface area contributed by atoms with Crippen molar-refractivity contribution in [2.24, 2.45) is 5.92 Å². The molecule has 1 heterocycles. The Morgan fingerprint density at radius 3 is 2.55 bits per heavy atom. The second-order valence-corrected chi connectivity index (χ2v) is 3.05.